The van der Waals surface area contributed by atoms with Gasteiger partial charge < -0.3 is 10.2 Å². The minimum Gasteiger partial charge on any atom is -0.506 e. The highest BCUT2D eigenvalue weighted by Gasteiger charge is 2.20. The van der Waals surface area contributed by atoms with Crippen molar-refractivity contribution in [3.8, 4) is 11.5 Å². The van der Waals surface area contributed by atoms with Crippen molar-refractivity contribution in [1.29, 1.82) is 0 Å². The predicted octanol–water partition coefficient (Wildman–Crippen LogP) is 5.37. The second-order valence-corrected chi connectivity index (χ2v) is 8.01. The van der Waals surface area contributed by atoms with Gasteiger partial charge in [0.25, 0.3) is 10.1 Å². The molecule has 0 atom stereocenters. The van der Waals surface area contributed by atoms with E-state index in [4.69, 9.17) is 0 Å². The monoisotopic (exact) mass is 408 g/mol. The van der Waals surface area contributed by atoms with Gasteiger partial charge in [0.1, 0.15) is 27.8 Å². The zero-order valence-electron chi connectivity index (χ0n) is 15.2. The molecule has 0 spiro atoms. The molecule has 0 aliphatic rings. The minimum atomic E-state index is -4.56. The van der Waals surface area contributed by atoms with Crippen LogP contribution in [-0.4, -0.2) is 23.2 Å². The van der Waals surface area contributed by atoms with E-state index in [1.165, 1.54) is 6.07 Å². The van der Waals surface area contributed by atoms with Crippen molar-refractivity contribution in [3.05, 3.63) is 66.2 Å². The van der Waals surface area contributed by atoms with Crippen LogP contribution in [0.15, 0.2) is 75.8 Å². The largest absolute Gasteiger partial charge is 0.506 e. The van der Waals surface area contributed by atoms with Crippen molar-refractivity contribution in [1.82, 2.24) is 0 Å². The Balaban J connectivity index is 1.97. The Bertz CT molecular complexity index is 1410. The Kier molecular flexibility index (Phi) is 4.45. The number of fused-ring (bicyclic) bond motifs is 2. The normalized spacial score (nSPS) is 12.2. The van der Waals surface area contributed by atoms with Crippen LogP contribution in [0.1, 0.15) is 5.56 Å². The van der Waals surface area contributed by atoms with Gasteiger partial charge in [-0.05, 0) is 24.4 Å². The topological polar surface area (TPSA) is 120 Å². The third-order valence-corrected chi connectivity index (χ3v) is 5.51. The zero-order valence-corrected chi connectivity index (χ0v) is 16.1. The lowest BCUT2D eigenvalue weighted by atomic mass is 10.1. The third kappa shape index (κ3) is 3.39. The van der Waals surface area contributed by atoms with E-state index in [2.05, 4.69) is 10.2 Å². The van der Waals surface area contributed by atoms with Gasteiger partial charge in [0.15, 0.2) is 0 Å². The number of azo groups is 1. The predicted molar refractivity (Wildman–Crippen MR) is 110 cm³/mol. The molecular weight excluding hydrogens is 392 g/mol. The lowest BCUT2D eigenvalue weighted by Gasteiger charge is -2.10. The molecule has 0 unspecified atom stereocenters. The molecule has 8 heteroatoms. The number of aryl methyl sites for hydroxylation is 1. The summed E-state index contributed by atoms with van der Waals surface area (Å²) in [7, 11) is -4.56. The first-order chi connectivity index (χ1) is 13.8. The SMILES string of the molecule is Cc1ccc2c(/N=N/c3c(O)ccc4ccccc34)c(O)cc(S(=O)(=O)O)c2c1. The summed E-state index contributed by atoms with van der Waals surface area (Å²) in [4.78, 5) is -0.416. The van der Waals surface area contributed by atoms with Gasteiger partial charge in [-0.1, -0.05) is 48.0 Å². The van der Waals surface area contributed by atoms with Crippen LogP contribution in [0.3, 0.4) is 0 Å². The number of benzene rings is 4. The quantitative estimate of drug-likeness (QED) is 0.311. The van der Waals surface area contributed by atoms with Crippen molar-refractivity contribution in [2.24, 2.45) is 10.2 Å². The molecule has 7 nitrogen and oxygen atoms in total. The molecule has 0 saturated heterocycles. The van der Waals surface area contributed by atoms with Crippen LogP contribution in [0.2, 0.25) is 0 Å². The van der Waals surface area contributed by atoms with Crippen molar-refractivity contribution in [2.75, 3.05) is 0 Å². The summed E-state index contributed by atoms with van der Waals surface area (Å²) in [6.07, 6.45) is 0. The molecule has 0 aliphatic heterocycles. The first-order valence-electron chi connectivity index (χ1n) is 8.62. The molecule has 0 aliphatic carbocycles. The van der Waals surface area contributed by atoms with Crippen LogP contribution in [0.4, 0.5) is 11.4 Å². The van der Waals surface area contributed by atoms with Gasteiger partial charge in [-0.25, -0.2) is 0 Å². The maximum absolute atomic E-state index is 11.7. The van der Waals surface area contributed by atoms with Crippen molar-refractivity contribution in [2.45, 2.75) is 11.8 Å². The molecule has 0 aromatic heterocycles. The van der Waals surface area contributed by atoms with Crippen LogP contribution in [0, 0.1) is 6.92 Å². The van der Waals surface area contributed by atoms with Crippen molar-refractivity contribution in [3.63, 3.8) is 0 Å². The molecule has 0 radical (unpaired) electrons. The van der Waals surface area contributed by atoms with Gasteiger partial charge in [0.05, 0.1) is 0 Å². The molecule has 4 rings (SSSR count). The number of hydrogen-bond donors (Lipinski definition) is 3. The second kappa shape index (κ2) is 6.84. The van der Waals surface area contributed by atoms with Crippen molar-refractivity contribution >= 4 is 43.0 Å². The summed E-state index contributed by atoms with van der Waals surface area (Å²) in [5, 5.41) is 30.9. The molecule has 146 valence electrons. The Labute approximate surface area is 166 Å². The number of phenols is 2. The van der Waals surface area contributed by atoms with Gasteiger partial charge in [-0.2, -0.15) is 8.42 Å². The highest BCUT2D eigenvalue weighted by Crippen LogP contribution is 2.42. The summed E-state index contributed by atoms with van der Waals surface area (Å²) in [5.41, 5.74) is 1.02. The Morgan fingerprint density at radius 2 is 1.45 bits per heavy atom. The standard InChI is InChI=1S/C21H16N2O5S/c1-12-6-8-15-16(10-12)19(29(26,27)28)11-18(25)21(15)23-22-20-14-5-3-2-4-13(14)7-9-17(20)24/h2-11,24-25H,1H3,(H,26,27,28)/b23-22+. The first-order valence-corrected chi connectivity index (χ1v) is 10.1. The van der Waals surface area contributed by atoms with E-state index < -0.39 is 20.8 Å². The molecule has 29 heavy (non-hydrogen) atoms. The number of phenolic OH excluding ortho intramolecular Hbond substituents is 2. The highest BCUT2D eigenvalue weighted by molar-refractivity contribution is 7.86. The van der Waals surface area contributed by atoms with E-state index in [1.807, 2.05) is 12.1 Å². The van der Waals surface area contributed by atoms with Crippen molar-refractivity contribution < 1.29 is 23.2 Å². The molecule has 0 heterocycles. The smallest absolute Gasteiger partial charge is 0.295 e. The second-order valence-electron chi connectivity index (χ2n) is 6.62. The average molecular weight is 408 g/mol. The van der Waals surface area contributed by atoms with E-state index >= 15 is 0 Å². The Hall–Kier alpha value is -3.49. The maximum atomic E-state index is 11.7. The zero-order chi connectivity index (χ0) is 20.8. The fraction of sp³-hybridized carbons (Fsp3) is 0.0476. The van der Waals surface area contributed by atoms with E-state index in [9.17, 15) is 23.2 Å². The van der Waals surface area contributed by atoms with Crippen LogP contribution >= 0.6 is 0 Å². The first kappa shape index (κ1) is 18.9. The molecular formula is C21H16N2O5S. The van der Waals surface area contributed by atoms with Gasteiger partial charge in [0.2, 0.25) is 0 Å². The molecule has 3 N–H and O–H groups in total. The average Bonchev–Trinajstić information content (AvgIpc) is 2.67. The number of rotatable bonds is 3. The van der Waals surface area contributed by atoms with Gasteiger partial charge in [0, 0.05) is 22.2 Å². The highest BCUT2D eigenvalue weighted by atomic mass is 32.2. The Morgan fingerprint density at radius 3 is 2.17 bits per heavy atom. The van der Waals surface area contributed by atoms with E-state index in [0.29, 0.717) is 10.8 Å². The molecule has 4 aromatic carbocycles. The summed E-state index contributed by atoms with van der Waals surface area (Å²) in [6, 6.07) is 16.4. The van der Waals surface area contributed by atoms with Gasteiger partial charge >= 0.3 is 0 Å². The third-order valence-electron chi connectivity index (χ3n) is 4.61. The van der Waals surface area contributed by atoms with Crippen LogP contribution in [0.25, 0.3) is 21.5 Å². The van der Waals surface area contributed by atoms with E-state index in [-0.39, 0.29) is 22.5 Å². The minimum absolute atomic E-state index is 0.0275. The molecule has 4 aromatic rings. The summed E-state index contributed by atoms with van der Waals surface area (Å²) < 4.78 is 33.0. The molecule has 0 bridgehead atoms. The Morgan fingerprint density at radius 1 is 0.759 bits per heavy atom. The number of aromatic hydroxyl groups is 2. The van der Waals surface area contributed by atoms with E-state index in [0.717, 1.165) is 17.0 Å². The lowest BCUT2D eigenvalue weighted by Crippen LogP contribution is -1.99. The lowest BCUT2D eigenvalue weighted by molar-refractivity contribution is 0.468. The van der Waals surface area contributed by atoms with E-state index in [1.54, 1.807) is 43.3 Å². The molecule has 0 saturated carbocycles. The fourth-order valence-electron chi connectivity index (χ4n) is 3.24. The van der Waals surface area contributed by atoms with Crippen LogP contribution in [0.5, 0.6) is 11.5 Å². The summed E-state index contributed by atoms with van der Waals surface area (Å²) >= 11 is 0. The fourth-order valence-corrected chi connectivity index (χ4v) is 3.95. The molecule has 0 fully saturated rings. The van der Waals surface area contributed by atoms with Crippen LogP contribution in [-0.2, 0) is 10.1 Å². The molecule has 0 amide bonds. The number of nitrogens with zero attached hydrogens (tertiary/aromatic N) is 2. The van der Waals surface area contributed by atoms with Gasteiger partial charge in [-0.3, -0.25) is 4.55 Å². The number of hydrogen-bond acceptors (Lipinski definition) is 6. The van der Waals surface area contributed by atoms with Crippen LogP contribution < -0.4 is 0 Å². The maximum Gasteiger partial charge on any atom is 0.295 e. The van der Waals surface area contributed by atoms with Gasteiger partial charge in [-0.15, -0.1) is 10.2 Å². The summed E-state index contributed by atoms with van der Waals surface area (Å²) in [6.45, 7) is 1.77. The summed E-state index contributed by atoms with van der Waals surface area (Å²) in [5.74, 6) is -0.542.